The van der Waals surface area contributed by atoms with Gasteiger partial charge in [-0.05, 0) is 28.8 Å². The molecule has 3 aromatic rings. The van der Waals surface area contributed by atoms with Crippen LogP contribution in [-0.2, 0) is 14.3 Å². The van der Waals surface area contributed by atoms with Crippen LogP contribution in [0, 0.1) is 0 Å². The molecule has 0 saturated carbocycles. The second-order valence-corrected chi connectivity index (χ2v) is 9.56. The van der Waals surface area contributed by atoms with Crippen molar-refractivity contribution in [3.05, 3.63) is 120 Å². The van der Waals surface area contributed by atoms with Crippen LogP contribution >= 0.6 is 0 Å². The van der Waals surface area contributed by atoms with Gasteiger partial charge in [0.05, 0.1) is 12.3 Å². The minimum atomic E-state index is -0.320. The van der Waals surface area contributed by atoms with E-state index in [0.717, 1.165) is 50.4 Å². The van der Waals surface area contributed by atoms with Crippen molar-refractivity contribution in [2.75, 3.05) is 50.8 Å². The van der Waals surface area contributed by atoms with Crippen LogP contribution in [0.4, 0.5) is 5.69 Å². The van der Waals surface area contributed by atoms with E-state index in [0.29, 0.717) is 12.3 Å². The fourth-order valence-electron chi connectivity index (χ4n) is 4.89. The lowest BCUT2D eigenvalue weighted by molar-refractivity contribution is -0.119. The van der Waals surface area contributed by atoms with Crippen LogP contribution in [-0.4, -0.2) is 67.5 Å². The van der Waals surface area contributed by atoms with Gasteiger partial charge in [-0.15, -0.1) is 0 Å². The number of imide groups is 1. The third-order valence-corrected chi connectivity index (χ3v) is 6.97. The van der Waals surface area contributed by atoms with Crippen molar-refractivity contribution in [2.45, 2.75) is 6.10 Å². The Labute approximate surface area is 224 Å². The topological polar surface area (TPSA) is 53.1 Å². The molecule has 2 aliphatic rings. The minimum Gasteiger partial charge on any atom is -0.367 e. The van der Waals surface area contributed by atoms with Gasteiger partial charge in [0.25, 0.3) is 11.8 Å². The van der Waals surface area contributed by atoms with Gasteiger partial charge in [-0.1, -0.05) is 84.9 Å². The first kappa shape index (κ1) is 25.8. The average molecular weight is 508 g/mol. The van der Waals surface area contributed by atoms with Crippen LogP contribution < -0.4 is 4.90 Å². The maximum absolute atomic E-state index is 12.2. The van der Waals surface area contributed by atoms with Gasteiger partial charge in [0.2, 0.25) is 0 Å². The maximum Gasteiger partial charge on any atom is 0.258 e. The molecule has 0 bridgehead atoms. The number of hydrogen-bond acceptors (Lipinski definition) is 5. The first-order valence-corrected chi connectivity index (χ1v) is 13.2. The highest BCUT2D eigenvalue weighted by Gasteiger charge is 2.26. The Morgan fingerprint density at radius 3 is 2.08 bits per heavy atom. The lowest BCUT2D eigenvalue weighted by Gasteiger charge is -2.34. The second kappa shape index (κ2) is 12.6. The van der Waals surface area contributed by atoms with Gasteiger partial charge in [0.1, 0.15) is 6.10 Å². The van der Waals surface area contributed by atoms with Crippen LogP contribution in [0.1, 0.15) is 22.8 Å². The number of benzene rings is 3. The second-order valence-electron chi connectivity index (χ2n) is 9.56. The average Bonchev–Trinajstić information content (AvgIpc) is 3.30. The molecule has 194 valence electrons. The van der Waals surface area contributed by atoms with Gasteiger partial charge in [-0.3, -0.25) is 19.4 Å². The molecule has 1 fully saturated rings. The van der Waals surface area contributed by atoms with Crippen molar-refractivity contribution >= 4 is 23.6 Å². The lowest BCUT2D eigenvalue weighted by atomic mass is 10.0. The molecule has 3 aromatic carbocycles. The minimum absolute atomic E-state index is 0.290. The molecule has 0 aromatic heterocycles. The molecule has 1 saturated heterocycles. The standard InChI is InChI=1S/C32H33N3O3/c36-30-16-17-31(37)35(30)29-15-7-14-28(25-29)32(27-12-5-2-6-13-27)38-24-23-34-21-19-33(20-22-34)18-8-11-26-9-3-1-4-10-26/h1-17,25,32H,18-24H2/b11-8+. The predicted molar refractivity (Wildman–Crippen MR) is 151 cm³/mol. The van der Waals surface area contributed by atoms with Crippen molar-refractivity contribution in [1.82, 2.24) is 9.80 Å². The van der Waals surface area contributed by atoms with Gasteiger partial charge >= 0.3 is 0 Å². The predicted octanol–water partition coefficient (Wildman–Crippen LogP) is 4.55. The quantitative estimate of drug-likeness (QED) is 0.377. The summed E-state index contributed by atoms with van der Waals surface area (Å²) < 4.78 is 6.46. The molecule has 1 atom stereocenters. The summed E-state index contributed by atoms with van der Waals surface area (Å²) >= 11 is 0. The SMILES string of the molecule is O=C1C=CC(=O)N1c1cccc(C(OCCN2CCN(C/C=C/c3ccccc3)CC2)c2ccccc2)c1. The molecular formula is C32H33N3O3. The van der Waals surface area contributed by atoms with E-state index in [2.05, 4.69) is 46.2 Å². The number of hydrogen-bond donors (Lipinski definition) is 0. The van der Waals surface area contributed by atoms with Gasteiger partial charge in [-0.2, -0.15) is 0 Å². The zero-order valence-corrected chi connectivity index (χ0v) is 21.5. The zero-order chi connectivity index (χ0) is 26.2. The molecule has 5 rings (SSSR count). The number of carbonyl (C=O) groups is 2. The fourth-order valence-corrected chi connectivity index (χ4v) is 4.89. The smallest absolute Gasteiger partial charge is 0.258 e. The van der Waals surface area contributed by atoms with Gasteiger partial charge < -0.3 is 4.74 Å². The Morgan fingerprint density at radius 1 is 0.737 bits per heavy atom. The normalized spacial score (nSPS) is 17.5. The summed E-state index contributed by atoms with van der Waals surface area (Å²) in [5.41, 5.74) is 3.75. The van der Waals surface area contributed by atoms with Crippen molar-refractivity contribution in [3.63, 3.8) is 0 Å². The van der Waals surface area contributed by atoms with E-state index in [4.69, 9.17) is 4.74 Å². The summed E-state index contributed by atoms with van der Waals surface area (Å²) in [7, 11) is 0. The third-order valence-electron chi connectivity index (χ3n) is 6.97. The number of ether oxygens (including phenoxy) is 1. The number of anilines is 1. The number of carbonyl (C=O) groups excluding carboxylic acids is 2. The summed E-state index contributed by atoms with van der Waals surface area (Å²) in [5, 5.41) is 0. The van der Waals surface area contributed by atoms with E-state index in [1.807, 2.05) is 54.6 Å². The van der Waals surface area contributed by atoms with Gasteiger partial charge in [-0.25, -0.2) is 4.90 Å². The van der Waals surface area contributed by atoms with E-state index in [9.17, 15) is 9.59 Å². The van der Waals surface area contributed by atoms with Crippen LogP contribution in [0.5, 0.6) is 0 Å². The van der Waals surface area contributed by atoms with E-state index in [-0.39, 0.29) is 17.9 Å². The van der Waals surface area contributed by atoms with Crippen molar-refractivity contribution in [2.24, 2.45) is 0 Å². The zero-order valence-electron chi connectivity index (χ0n) is 21.5. The molecular weight excluding hydrogens is 474 g/mol. The van der Waals surface area contributed by atoms with E-state index < -0.39 is 0 Å². The lowest BCUT2D eigenvalue weighted by Crippen LogP contribution is -2.47. The van der Waals surface area contributed by atoms with E-state index in [1.54, 1.807) is 6.07 Å². The molecule has 0 radical (unpaired) electrons. The summed E-state index contributed by atoms with van der Waals surface area (Å²) in [6.45, 7) is 6.50. The molecule has 38 heavy (non-hydrogen) atoms. The highest BCUT2D eigenvalue weighted by atomic mass is 16.5. The highest BCUT2D eigenvalue weighted by molar-refractivity contribution is 6.28. The maximum atomic E-state index is 12.2. The molecule has 2 aliphatic heterocycles. The third kappa shape index (κ3) is 6.53. The van der Waals surface area contributed by atoms with Crippen molar-refractivity contribution < 1.29 is 14.3 Å². The Morgan fingerprint density at radius 2 is 1.37 bits per heavy atom. The first-order chi connectivity index (χ1) is 18.7. The number of amides is 2. The van der Waals surface area contributed by atoms with Crippen LogP contribution in [0.3, 0.4) is 0 Å². The molecule has 2 amide bonds. The molecule has 6 heteroatoms. The first-order valence-electron chi connectivity index (χ1n) is 13.2. The highest BCUT2D eigenvalue weighted by Crippen LogP contribution is 2.30. The molecule has 6 nitrogen and oxygen atoms in total. The molecule has 2 heterocycles. The molecule has 1 unspecified atom stereocenters. The Hall–Kier alpha value is -3.84. The monoisotopic (exact) mass is 507 g/mol. The Kier molecular flexibility index (Phi) is 8.56. The number of piperazine rings is 1. The van der Waals surface area contributed by atoms with Crippen LogP contribution in [0.15, 0.2) is 103 Å². The van der Waals surface area contributed by atoms with E-state index >= 15 is 0 Å². The van der Waals surface area contributed by atoms with Crippen molar-refractivity contribution in [3.8, 4) is 0 Å². The molecule has 0 spiro atoms. The molecule has 0 N–H and O–H groups in total. The Balaban J connectivity index is 1.16. The van der Waals surface area contributed by atoms with E-state index in [1.165, 1.54) is 22.6 Å². The van der Waals surface area contributed by atoms with Crippen LogP contribution in [0.2, 0.25) is 0 Å². The van der Waals surface area contributed by atoms with Gasteiger partial charge in [0.15, 0.2) is 0 Å². The van der Waals surface area contributed by atoms with Crippen LogP contribution in [0.25, 0.3) is 6.08 Å². The largest absolute Gasteiger partial charge is 0.367 e. The number of nitrogens with zero attached hydrogens (tertiary/aromatic N) is 3. The van der Waals surface area contributed by atoms with Gasteiger partial charge in [0, 0.05) is 51.4 Å². The van der Waals surface area contributed by atoms with Crippen molar-refractivity contribution in [1.29, 1.82) is 0 Å². The fraction of sp³-hybridized carbons (Fsp3) is 0.250. The molecule has 0 aliphatic carbocycles. The summed E-state index contributed by atoms with van der Waals surface area (Å²) in [4.78, 5) is 30.5. The summed E-state index contributed by atoms with van der Waals surface area (Å²) in [6, 6.07) is 28.0. The summed E-state index contributed by atoms with van der Waals surface area (Å²) in [5.74, 6) is -0.641. The Bertz CT molecular complexity index is 1260. The number of rotatable bonds is 10. The summed E-state index contributed by atoms with van der Waals surface area (Å²) in [6.07, 6.45) is 6.75.